The van der Waals surface area contributed by atoms with Gasteiger partial charge in [0.1, 0.15) is 0 Å². The summed E-state index contributed by atoms with van der Waals surface area (Å²) in [5.74, 6) is 0.0513. The topological polar surface area (TPSA) is 76.9 Å². The largest absolute Gasteiger partial charge is 0.220 e. The second kappa shape index (κ2) is 7.03. The van der Waals surface area contributed by atoms with Crippen molar-refractivity contribution in [3.63, 3.8) is 0 Å². The number of sulfonamides is 1. The fourth-order valence-electron chi connectivity index (χ4n) is 2.05. The highest BCUT2D eigenvalue weighted by atomic mass is 32.2. The second-order valence-corrected chi connectivity index (χ2v) is 7.72. The Balaban J connectivity index is 1.55. The molecule has 2 aromatic heterocycles. The van der Waals surface area contributed by atoms with E-state index in [-0.39, 0.29) is 12.3 Å². The van der Waals surface area contributed by atoms with Gasteiger partial charge in [-0.25, -0.2) is 17.8 Å². The van der Waals surface area contributed by atoms with Crippen molar-refractivity contribution in [1.29, 1.82) is 0 Å². The molecule has 0 amide bonds. The highest BCUT2D eigenvalue weighted by Gasteiger charge is 2.12. The third kappa shape index (κ3) is 4.47. The fourth-order valence-corrected chi connectivity index (χ4v) is 3.69. The highest BCUT2D eigenvalue weighted by molar-refractivity contribution is 7.89. The predicted octanol–water partition coefficient (Wildman–Crippen LogP) is 1.99. The molecule has 8 heteroatoms. The average Bonchev–Trinajstić information content (AvgIpc) is 3.23. The number of hydrogen-bond acceptors (Lipinski definition) is 5. The maximum Gasteiger partial charge on any atom is 0.212 e. The molecule has 120 valence electrons. The Bertz CT molecular complexity index is 843. The van der Waals surface area contributed by atoms with Crippen molar-refractivity contribution in [2.75, 3.05) is 5.75 Å². The van der Waals surface area contributed by atoms with Crippen LogP contribution in [0.1, 0.15) is 11.3 Å². The number of aryl methyl sites for hydroxylation is 1. The molecule has 2 heterocycles. The maximum atomic E-state index is 12.0. The molecule has 6 nitrogen and oxygen atoms in total. The summed E-state index contributed by atoms with van der Waals surface area (Å²) in [6.07, 6.45) is 2.21. The van der Waals surface area contributed by atoms with Crippen molar-refractivity contribution in [2.45, 2.75) is 13.0 Å². The molecular weight excluding hydrogens is 332 g/mol. The Morgan fingerprint density at radius 3 is 2.74 bits per heavy atom. The van der Waals surface area contributed by atoms with Gasteiger partial charge in [0.05, 0.1) is 29.9 Å². The zero-order valence-electron chi connectivity index (χ0n) is 12.3. The van der Waals surface area contributed by atoms with E-state index in [2.05, 4.69) is 15.0 Å². The second-order valence-electron chi connectivity index (χ2n) is 5.01. The van der Waals surface area contributed by atoms with Gasteiger partial charge in [-0.3, -0.25) is 0 Å². The number of rotatable bonds is 7. The summed E-state index contributed by atoms with van der Waals surface area (Å²) in [4.78, 5) is 0. The van der Waals surface area contributed by atoms with Crippen LogP contribution in [0.3, 0.4) is 0 Å². The summed E-state index contributed by atoms with van der Waals surface area (Å²) < 4.78 is 28.3. The van der Waals surface area contributed by atoms with E-state index in [0.29, 0.717) is 12.1 Å². The molecule has 0 aliphatic carbocycles. The molecule has 23 heavy (non-hydrogen) atoms. The lowest BCUT2D eigenvalue weighted by Gasteiger charge is -2.05. The zero-order valence-corrected chi connectivity index (χ0v) is 13.9. The molecule has 0 unspecified atom stereocenters. The fraction of sp³-hybridized carbons (Fsp3) is 0.200. The summed E-state index contributed by atoms with van der Waals surface area (Å²) in [6, 6.07) is 11.5. The molecule has 0 aliphatic rings. The van der Waals surface area contributed by atoms with E-state index in [9.17, 15) is 8.42 Å². The van der Waals surface area contributed by atoms with Gasteiger partial charge in [-0.2, -0.15) is 11.3 Å². The molecule has 3 rings (SSSR count). The van der Waals surface area contributed by atoms with E-state index in [4.69, 9.17) is 0 Å². The molecule has 0 saturated carbocycles. The Labute approximate surface area is 138 Å². The first kappa shape index (κ1) is 15.9. The van der Waals surface area contributed by atoms with Crippen molar-refractivity contribution in [3.8, 4) is 5.69 Å². The van der Waals surface area contributed by atoms with E-state index < -0.39 is 10.0 Å². The number of thiophene rings is 1. The minimum atomic E-state index is -3.35. The van der Waals surface area contributed by atoms with Crippen LogP contribution in [0.15, 0.2) is 53.4 Å². The number of benzene rings is 1. The third-order valence-electron chi connectivity index (χ3n) is 3.29. The van der Waals surface area contributed by atoms with Crippen LogP contribution < -0.4 is 4.72 Å². The standard InChI is InChI=1S/C15H16N4O2S2/c20-23(21,9-7-13-4-2-1-3-5-13)16-10-14-11-19(18-17-14)15-6-8-22-12-15/h1-6,8,11-12,16H,7,9-10H2. The lowest BCUT2D eigenvalue weighted by atomic mass is 10.2. The SMILES string of the molecule is O=S(=O)(CCc1ccccc1)NCc1cn(-c2ccsc2)nn1. The Morgan fingerprint density at radius 2 is 2.00 bits per heavy atom. The number of nitrogens with zero attached hydrogens (tertiary/aromatic N) is 3. The van der Waals surface area contributed by atoms with Crippen molar-refractivity contribution in [1.82, 2.24) is 19.7 Å². The van der Waals surface area contributed by atoms with Crippen LogP contribution in [0.5, 0.6) is 0 Å². The van der Waals surface area contributed by atoms with Gasteiger partial charge >= 0.3 is 0 Å². The van der Waals surface area contributed by atoms with Crippen LogP contribution in [0.2, 0.25) is 0 Å². The van der Waals surface area contributed by atoms with Gasteiger partial charge < -0.3 is 0 Å². The maximum absolute atomic E-state index is 12.0. The van der Waals surface area contributed by atoms with Crippen LogP contribution in [0, 0.1) is 0 Å². The minimum absolute atomic E-state index is 0.0513. The third-order valence-corrected chi connectivity index (χ3v) is 5.28. The molecule has 0 atom stereocenters. The van der Waals surface area contributed by atoms with Gasteiger partial charge in [0, 0.05) is 5.38 Å². The lowest BCUT2D eigenvalue weighted by molar-refractivity contribution is 0.579. The number of aromatic nitrogens is 3. The van der Waals surface area contributed by atoms with Crippen LogP contribution in [-0.2, 0) is 23.0 Å². The van der Waals surface area contributed by atoms with E-state index in [1.165, 1.54) is 0 Å². The summed E-state index contributed by atoms with van der Waals surface area (Å²) in [6.45, 7) is 0.140. The Kier molecular flexibility index (Phi) is 4.85. The molecule has 1 aromatic carbocycles. The van der Waals surface area contributed by atoms with E-state index in [1.54, 1.807) is 22.2 Å². The van der Waals surface area contributed by atoms with Gasteiger partial charge in [0.25, 0.3) is 0 Å². The summed E-state index contributed by atoms with van der Waals surface area (Å²) in [5.41, 5.74) is 2.50. The predicted molar refractivity (Wildman–Crippen MR) is 90.0 cm³/mol. The van der Waals surface area contributed by atoms with Crippen LogP contribution in [0.4, 0.5) is 0 Å². The quantitative estimate of drug-likeness (QED) is 0.708. The molecule has 0 spiro atoms. The minimum Gasteiger partial charge on any atom is -0.220 e. The van der Waals surface area contributed by atoms with Crippen molar-refractivity contribution in [3.05, 3.63) is 64.6 Å². The molecule has 3 aromatic rings. The van der Waals surface area contributed by atoms with E-state index in [0.717, 1.165) is 11.3 Å². The summed E-state index contributed by atoms with van der Waals surface area (Å²) in [5, 5.41) is 11.9. The monoisotopic (exact) mass is 348 g/mol. The summed E-state index contributed by atoms with van der Waals surface area (Å²) in [7, 11) is -3.35. The number of hydrogen-bond donors (Lipinski definition) is 1. The average molecular weight is 348 g/mol. The van der Waals surface area contributed by atoms with Crippen molar-refractivity contribution >= 4 is 21.4 Å². The molecule has 0 radical (unpaired) electrons. The molecular formula is C15H16N4O2S2. The molecule has 0 fully saturated rings. The van der Waals surface area contributed by atoms with Crippen molar-refractivity contribution < 1.29 is 8.42 Å². The first-order valence-corrected chi connectivity index (χ1v) is 9.67. The first-order chi connectivity index (χ1) is 11.1. The van der Waals surface area contributed by atoms with Gasteiger partial charge in [0.2, 0.25) is 10.0 Å². The van der Waals surface area contributed by atoms with Gasteiger partial charge in [-0.15, -0.1) is 5.10 Å². The molecule has 0 bridgehead atoms. The van der Waals surface area contributed by atoms with Gasteiger partial charge in [-0.05, 0) is 23.4 Å². The van der Waals surface area contributed by atoms with Crippen LogP contribution in [-0.4, -0.2) is 29.2 Å². The smallest absolute Gasteiger partial charge is 0.212 e. The first-order valence-electron chi connectivity index (χ1n) is 7.07. The Hall–Kier alpha value is -2.03. The van der Waals surface area contributed by atoms with Crippen molar-refractivity contribution in [2.24, 2.45) is 0 Å². The van der Waals surface area contributed by atoms with E-state index in [1.807, 2.05) is 47.2 Å². The van der Waals surface area contributed by atoms with Gasteiger partial charge in [0.15, 0.2) is 0 Å². The molecule has 0 aliphatic heterocycles. The van der Waals surface area contributed by atoms with Crippen LogP contribution >= 0.6 is 11.3 Å². The van der Waals surface area contributed by atoms with Gasteiger partial charge in [-0.1, -0.05) is 35.5 Å². The lowest BCUT2D eigenvalue weighted by Crippen LogP contribution is -2.27. The van der Waals surface area contributed by atoms with Crippen LogP contribution in [0.25, 0.3) is 5.69 Å². The normalized spacial score (nSPS) is 11.7. The Morgan fingerprint density at radius 1 is 1.17 bits per heavy atom. The number of nitrogens with one attached hydrogen (secondary N) is 1. The molecule has 0 saturated heterocycles. The zero-order chi connectivity index (χ0) is 16.1. The highest BCUT2D eigenvalue weighted by Crippen LogP contribution is 2.11. The van der Waals surface area contributed by atoms with E-state index >= 15 is 0 Å². The molecule has 1 N–H and O–H groups in total. The summed E-state index contributed by atoms with van der Waals surface area (Å²) >= 11 is 1.57.